The van der Waals surface area contributed by atoms with E-state index in [1.807, 2.05) is 55.5 Å². The zero-order chi connectivity index (χ0) is 19.9. The van der Waals surface area contributed by atoms with Crippen LogP contribution in [0.25, 0.3) is 11.5 Å². The molecule has 0 fully saturated rings. The van der Waals surface area contributed by atoms with Gasteiger partial charge in [0.15, 0.2) is 0 Å². The molecule has 3 aromatic rings. The van der Waals surface area contributed by atoms with Crippen LogP contribution in [0, 0.1) is 0 Å². The molecule has 146 valence electrons. The largest absolute Gasteiger partial charge is 0.494 e. The van der Waals surface area contributed by atoms with E-state index in [0.29, 0.717) is 23.6 Å². The molecule has 0 saturated heterocycles. The first kappa shape index (κ1) is 19.9. The average molecular weight is 398 g/mol. The van der Waals surface area contributed by atoms with Crippen molar-refractivity contribution in [1.82, 2.24) is 10.2 Å². The van der Waals surface area contributed by atoms with Gasteiger partial charge in [0.2, 0.25) is 11.8 Å². The van der Waals surface area contributed by atoms with E-state index in [1.165, 1.54) is 17.3 Å². The highest BCUT2D eigenvalue weighted by Crippen LogP contribution is 2.25. The van der Waals surface area contributed by atoms with Crippen molar-refractivity contribution < 1.29 is 13.9 Å². The summed E-state index contributed by atoms with van der Waals surface area (Å²) in [6.45, 7) is 6.82. The zero-order valence-electron chi connectivity index (χ0n) is 16.1. The molecule has 7 heteroatoms. The number of benzene rings is 2. The van der Waals surface area contributed by atoms with Gasteiger partial charge in [0.25, 0.3) is 5.22 Å². The lowest BCUT2D eigenvalue weighted by Crippen LogP contribution is -2.14. The Morgan fingerprint density at radius 2 is 1.82 bits per heavy atom. The van der Waals surface area contributed by atoms with Crippen LogP contribution in [0.5, 0.6) is 5.75 Å². The molecule has 1 amide bonds. The van der Waals surface area contributed by atoms with Crippen LogP contribution in [-0.4, -0.2) is 28.5 Å². The van der Waals surface area contributed by atoms with Crippen molar-refractivity contribution in [3.05, 3.63) is 54.1 Å². The van der Waals surface area contributed by atoms with Crippen molar-refractivity contribution in [1.29, 1.82) is 0 Å². The minimum atomic E-state index is -0.122. The van der Waals surface area contributed by atoms with E-state index in [-0.39, 0.29) is 11.7 Å². The molecule has 1 heterocycles. The molecule has 2 aromatic carbocycles. The normalized spacial score (nSPS) is 10.9. The number of rotatable bonds is 8. The number of carbonyl (C=O) groups is 1. The lowest BCUT2D eigenvalue weighted by Gasteiger charge is -2.07. The molecule has 6 nitrogen and oxygen atoms in total. The van der Waals surface area contributed by atoms with Crippen molar-refractivity contribution in [3.8, 4) is 17.2 Å². The molecule has 0 unspecified atom stereocenters. The SMILES string of the molecule is CCOc1ccc(-c2nnc(SCC(=O)Nc3ccc(C(C)C)cc3)o2)cc1. The Kier molecular flexibility index (Phi) is 6.71. The molecule has 28 heavy (non-hydrogen) atoms. The third-order valence-electron chi connectivity index (χ3n) is 4.01. The van der Waals surface area contributed by atoms with Gasteiger partial charge in [0.1, 0.15) is 5.75 Å². The van der Waals surface area contributed by atoms with Gasteiger partial charge in [-0.1, -0.05) is 37.7 Å². The number of carbonyl (C=O) groups excluding carboxylic acids is 1. The van der Waals surface area contributed by atoms with Crippen LogP contribution in [0.3, 0.4) is 0 Å². The molecule has 0 saturated carbocycles. The van der Waals surface area contributed by atoms with Gasteiger partial charge in [0, 0.05) is 11.3 Å². The third kappa shape index (κ3) is 5.36. The van der Waals surface area contributed by atoms with Crippen LogP contribution in [0.15, 0.2) is 58.2 Å². The van der Waals surface area contributed by atoms with E-state index in [4.69, 9.17) is 9.15 Å². The Hall–Kier alpha value is -2.80. The number of ether oxygens (including phenoxy) is 1. The van der Waals surface area contributed by atoms with Gasteiger partial charge < -0.3 is 14.5 Å². The van der Waals surface area contributed by atoms with E-state index in [0.717, 1.165) is 17.0 Å². The van der Waals surface area contributed by atoms with Crippen molar-refractivity contribution in [3.63, 3.8) is 0 Å². The summed E-state index contributed by atoms with van der Waals surface area (Å²) in [5.41, 5.74) is 2.81. The fourth-order valence-corrected chi connectivity index (χ4v) is 3.08. The summed E-state index contributed by atoms with van der Waals surface area (Å²) in [6, 6.07) is 15.3. The van der Waals surface area contributed by atoms with Crippen molar-refractivity contribution in [2.24, 2.45) is 0 Å². The van der Waals surface area contributed by atoms with Gasteiger partial charge in [-0.15, -0.1) is 10.2 Å². The summed E-state index contributed by atoms with van der Waals surface area (Å²) in [4.78, 5) is 12.1. The Labute approximate surface area is 168 Å². The minimum Gasteiger partial charge on any atom is -0.494 e. The van der Waals surface area contributed by atoms with Crippen LogP contribution in [-0.2, 0) is 4.79 Å². The number of thioether (sulfide) groups is 1. The minimum absolute atomic E-state index is 0.122. The van der Waals surface area contributed by atoms with Crippen LogP contribution in [0.1, 0.15) is 32.3 Å². The molecule has 0 spiro atoms. The summed E-state index contributed by atoms with van der Waals surface area (Å²) in [6.07, 6.45) is 0. The molecule has 3 rings (SSSR count). The summed E-state index contributed by atoms with van der Waals surface area (Å²) in [5, 5.41) is 11.3. The molecule has 0 aliphatic carbocycles. The Morgan fingerprint density at radius 3 is 2.46 bits per heavy atom. The third-order valence-corrected chi connectivity index (χ3v) is 4.83. The second kappa shape index (κ2) is 9.41. The molecule has 0 atom stereocenters. The molecule has 0 radical (unpaired) electrons. The van der Waals surface area contributed by atoms with E-state index < -0.39 is 0 Å². The fraction of sp³-hybridized carbons (Fsp3) is 0.286. The molecule has 1 N–H and O–H groups in total. The molecule has 0 aliphatic heterocycles. The Morgan fingerprint density at radius 1 is 1.11 bits per heavy atom. The highest BCUT2D eigenvalue weighted by atomic mass is 32.2. The number of hydrogen-bond acceptors (Lipinski definition) is 6. The Balaban J connectivity index is 1.52. The Bertz CT molecular complexity index is 905. The number of hydrogen-bond donors (Lipinski definition) is 1. The molecular weight excluding hydrogens is 374 g/mol. The number of amides is 1. The number of anilines is 1. The topological polar surface area (TPSA) is 77.2 Å². The maximum atomic E-state index is 12.1. The average Bonchev–Trinajstić information content (AvgIpc) is 3.17. The van der Waals surface area contributed by atoms with Gasteiger partial charge in [-0.3, -0.25) is 4.79 Å². The van der Waals surface area contributed by atoms with Crippen LogP contribution < -0.4 is 10.1 Å². The van der Waals surface area contributed by atoms with Crippen molar-refractivity contribution in [2.75, 3.05) is 17.7 Å². The first-order valence-corrected chi connectivity index (χ1v) is 10.1. The lowest BCUT2D eigenvalue weighted by atomic mass is 10.0. The van der Waals surface area contributed by atoms with Gasteiger partial charge in [-0.2, -0.15) is 0 Å². The number of aromatic nitrogens is 2. The molecule has 0 bridgehead atoms. The van der Waals surface area contributed by atoms with E-state index >= 15 is 0 Å². The predicted octanol–water partition coefficient (Wildman–Crippen LogP) is 4.99. The molecule has 0 aliphatic rings. The van der Waals surface area contributed by atoms with Crippen molar-refractivity contribution in [2.45, 2.75) is 31.9 Å². The highest BCUT2D eigenvalue weighted by Gasteiger charge is 2.12. The first-order valence-electron chi connectivity index (χ1n) is 9.14. The summed E-state index contributed by atoms with van der Waals surface area (Å²) >= 11 is 1.21. The van der Waals surface area contributed by atoms with Gasteiger partial charge >= 0.3 is 0 Å². The number of nitrogens with zero attached hydrogens (tertiary/aromatic N) is 2. The van der Waals surface area contributed by atoms with Gasteiger partial charge in [-0.05, 0) is 54.8 Å². The predicted molar refractivity (Wildman–Crippen MR) is 111 cm³/mol. The smallest absolute Gasteiger partial charge is 0.277 e. The zero-order valence-corrected chi connectivity index (χ0v) is 17.0. The van der Waals surface area contributed by atoms with E-state index in [9.17, 15) is 4.79 Å². The second-order valence-corrected chi connectivity index (χ2v) is 7.37. The van der Waals surface area contributed by atoms with Crippen LogP contribution in [0.4, 0.5) is 5.69 Å². The lowest BCUT2D eigenvalue weighted by molar-refractivity contribution is -0.113. The standard InChI is InChI=1S/C21H23N3O3S/c1-4-26-18-11-7-16(8-12-18)20-23-24-21(27-20)28-13-19(25)22-17-9-5-15(6-10-17)14(2)3/h5-12,14H,4,13H2,1-3H3,(H,22,25). The van der Waals surface area contributed by atoms with E-state index in [2.05, 4.69) is 29.4 Å². The van der Waals surface area contributed by atoms with E-state index in [1.54, 1.807) is 0 Å². The molecule has 1 aromatic heterocycles. The number of nitrogens with one attached hydrogen (secondary N) is 1. The van der Waals surface area contributed by atoms with Crippen LogP contribution >= 0.6 is 11.8 Å². The quantitative estimate of drug-likeness (QED) is 0.540. The van der Waals surface area contributed by atoms with Crippen molar-refractivity contribution >= 4 is 23.4 Å². The van der Waals surface area contributed by atoms with Crippen LogP contribution in [0.2, 0.25) is 0 Å². The summed E-state index contributed by atoms with van der Waals surface area (Å²) < 4.78 is 11.1. The summed E-state index contributed by atoms with van der Waals surface area (Å²) in [7, 11) is 0. The maximum Gasteiger partial charge on any atom is 0.277 e. The van der Waals surface area contributed by atoms with Gasteiger partial charge in [0.05, 0.1) is 12.4 Å². The highest BCUT2D eigenvalue weighted by molar-refractivity contribution is 7.99. The summed E-state index contributed by atoms with van der Waals surface area (Å²) in [5.74, 6) is 1.73. The molecular formula is C21H23N3O3S. The fourth-order valence-electron chi connectivity index (χ4n) is 2.52. The monoisotopic (exact) mass is 397 g/mol. The second-order valence-electron chi connectivity index (χ2n) is 6.44. The first-order chi connectivity index (χ1) is 13.5. The maximum absolute atomic E-state index is 12.1. The van der Waals surface area contributed by atoms with Gasteiger partial charge in [-0.25, -0.2) is 0 Å².